The molecule has 3 unspecified atom stereocenters. The summed E-state index contributed by atoms with van der Waals surface area (Å²) in [5, 5.41) is 23.7. The van der Waals surface area contributed by atoms with E-state index in [1.807, 2.05) is 6.08 Å². The molecule has 0 heterocycles. The fourth-order valence-corrected chi connectivity index (χ4v) is 7.42. The molecule has 0 saturated heterocycles. The summed E-state index contributed by atoms with van der Waals surface area (Å²) in [4.78, 5) is 26.0. The van der Waals surface area contributed by atoms with Crippen LogP contribution in [0, 0.1) is 0 Å². The summed E-state index contributed by atoms with van der Waals surface area (Å²) in [7, 11) is 0. The molecule has 0 spiro atoms. The van der Waals surface area contributed by atoms with Crippen molar-refractivity contribution in [2.75, 3.05) is 6.61 Å². The molecule has 3 atom stereocenters. The maximum Gasteiger partial charge on any atom is 0.306 e. The van der Waals surface area contributed by atoms with Crippen molar-refractivity contribution >= 4 is 11.9 Å². The van der Waals surface area contributed by atoms with Gasteiger partial charge in [-0.15, -0.1) is 0 Å². The Morgan fingerprint density at radius 2 is 0.895 bits per heavy atom. The quantitative estimate of drug-likeness (QED) is 0.0324. The third-order valence-electron chi connectivity index (χ3n) is 11.2. The van der Waals surface area contributed by atoms with E-state index in [1.54, 1.807) is 0 Å². The minimum absolute atomic E-state index is 0.0514. The third kappa shape index (κ3) is 40.6. The van der Waals surface area contributed by atoms with Gasteiger partial charge in [0, 0.05) is 6.42 Å². The van der Waals surface area contributed by atoms with Crippen LogP contribution >= 0.6 is 0 Å². The number of aliphatic hydroxyl groups excluding tert-OH is 2. The lowest BCUT2D eigenvalue weighted by Gasteiger charge is -2.24. The van der Waals surface area contributed by atoms with Gasteiger partial charge in [0.05, 0.1) is 25.2 Å². The number of amides is 1. The van der Waals surface area contributed by atoms with Crippen LogP contribution in [0.4, 0.5) is 0 Å². The average molecular weight is 802 g/mol. The number of unbranched alkanes of at least 4 members (excludes halogenated alkanes) is 26. The first-order valence-electron chi connectivity index (χ1n) is 24.7. The Morgan fingerprint density at radius 1 is 0.509 bits per heavy atom. The van der Waals surface area contributed by atoms with Crippen molar-refractivity contribution in [1.29, 1.82) is 0 Å². The standard InChI is InChI=1S/C51H95NO5/c1-4-7-10-13-16-19-22-25-27-30-33-36-39-42-47(57-51(56)44-41-38-35-32-29-26-23-20-17-14-11-8-5-2)45-50(55)52-48(46-53)49(54)43-40-37-34-31-28-24-21-18-15-12-9-6-3/h19,22,26,29,35,38,47-49,53-54H,4-18,20-21,23-25,27-28,30-34,36-37,39-46H2,1-3H3,(H,52,55)/b22-19-,29-26-,38-35+. The number of rotatable bonds is 44. The third-order valence-corrected chi connectivity index (χ3v) is 11.2. The van der Waals surface area contributed by atoms with Crippen LogP contribution in [-0.4, -0.2) is 46.9 Å². The average Bonchev–Trinajstić information content (AvgIpc) is 3.20. The molecule has 0 saturated carbocycles. The number of hydrogen-bond acceptors (Lipinski definition) is 5. The number of hydrogen-bond donors (Lipinski definition) is 3. The van der Waals surface area contributed by atoms with Crippen molar-refractivity contribution in [3.63, 3.8) is 0 Å². The maximum absolute atomic E-state index is 13.2. The minimum Gasteiger partial charge on any atom is -0.462 e. The van der Waals surface area contributed by atoms with Gasteiger partial charge in [-0.1, -0.05) is 205 Å². The lowest BCUT2D eigenvalue weighted by atomic mass is 10.0. The molecule has 0 radical (unpaired) electrons. The Balaban J connectivity index is 4.66. The van der Waals surface area contributed by atoms with E-state index in [0.29, 0.717) is 25.7 Å². The summed E-state index contributed by atoms with van der Waals surface area (Å²) in [5.41, 5.74) is 0. The van der Waals surface area contributed by atoms with Gasteiger partial charge in [0.1, 0.15) is 6.10 Å². The highest BCUT2D eigenvalue weighted by Gasteiger charge is 2.24. The highest BCUT2D eigenvalue weighted by molar-refractivity contribution is 5.77. The molecule has 6 heteroatoms. The van der Waals surface area contributed by atoms with Crippen molar-refractivity contribution in [2.45, 2.75) is 270 Å². The second kappa shape index (κ2) is 45.2. The van der Waals surface area contributed by atoms with Gasteiger partial charge in [0.2, 0.25) is 5.91 Å². The predicted octanol–water partition coefficient (Wildman–Crippen LogP) is 14.5. The molecular weight excluding hydrogens is 707 g/mol. The van der Waals surface area contributed by atoms with E-state index < -0.39 is 18.2 Å². The van der Waals surface area contributed by atoms with Crippen molar-refractivity contribution in [3.05, 3.63) is 36.5 Å². The summed E-state index contributed by atoms with van der Waals surface area (Å²) >= 11 is 0. The Bertz CT molecular complexity index is 946. The van der Waals surface area contributed by atoms with E-state index in [9.17, 15) is 19.8 Å². The van der Waals surface area contributed by atoms with Gasteiger partial charge in [-0.3, -0.25) is 9.59 Å². The van der Waals surface area contributed by atoms with Crippen molar-refractivity contribution in [2.24, 2.45) is 0 Å². The lowest BCUT2D eigenvalue weighted by molar-refractivity contribution is -0.150. The molecule has 0 aromatic rings. The molecule has 57 heavy (non-hydrogen) atoms. The largest absolute Gasteiger partial charge is 0.462 e. The Hall–Kier alpha value is -1.92. The van der Waals surface area contributed by atoms with Crippen LogP contribution in [-0.2, 0) is 14.3 Å². The second-order valence-corrected chi connectivity index (χ2v) is 16.9. The van der Waals surface area contributed by atoms with E-state index in [0.717, 1.165) is 57.8 Å². The molecule has 3 N–H and O–H groups in total. The fourth-order valence-electron chi connectivity index (χ4n) is 7.42. The highest BCUT2D eigenvalue weighted by Crippen LogP contribution is 2.17. The zero-order chi connectivity index (χ0) is 41.7. The molecule has 6 nitrogen and oxygen atoms in total. The van der Waals surface area contributed by atoms with Gasteiger partial charge in [-0.25, -0.2) is 0 Å². The SMILES string of the molecule is CCCCCC/C=C\CCCCCCCC(CC(=O)NC(CO)C(O)CCCCCCCCCCCCCC)OC(=O)CC/C=C/C/C=C\CCCCCCCC. The first kappa shape index (κ1) is 55.1. The molecule has 334 valence electrons. The summed E-state index contributed by atoms with van der Waals surface area (Å²) in [5.74, 6) is -0.557. The van der Waals surface area contributed by atoms with Gasteiger partial charge >= 0.3 is 5.97 Å². The molecule has 0 aliphatic rings. The van der Waals surface area contributed by atoms with Crippen molar-refractivity contribution in [1.82, 2.24) is 5.32 Å². The van der Waals surface area contributed by atoms with E-state index in [2.05, 4.69) is 56.5 Å². The summed E-state index contributed by atoms with van der Waals surface area (Å²) < 4.78 is 5.88. The van der Waals surface area contributed by atoms with E-state index in [4.69, 9.17) is 4.74 Å². The highest BCUT2D eigenvalue weighted by atomic mass is 16.5. The van der Waals surface area contributed by atoms with Crippen LogP contribution < -0.4 is 5.32 Å². The number of ether oxygens (including phenoxy) is 1. The van der Waals surface area contributed by atoms with Crippen LogP contribution in [0.25, 0.3) is 0 Å². The molecule has 0 aromatic carbocycles. The fraction of sp³-hybridized carbons (Fsp3) is 0.843. The molecular formula is C51H95NO5. The summed E-state index contributed by atoms with van der Waals surface area (Å²) in [6, 6.07) is -0.711. The zero-order valence-electron chi connectivity index (χ0n) is 38.0. The molecule has 0 bridgehead atoms. The first-order valence-corrected chi connectivity index (χ1v) is 24.7. The van der Waals surface area contributed by atoms with Gasteiger partial charge in [-0.05, 0) is 70.6 Å². The van der Waals surface area contributed by atoms with Crippen molar-refractivity contribution < 1.29 is 24.5 Å². The Labute approximate surface area is 353 Å². The van der Waals surface area contributed by atoms with Crippen molar-refractivity contribution in [3.8, 4) is 0 Å². The maximum atomic E-state index is 13.2. The minimum atomic E-state index is -0.795. The van der Waals surface area contributed by atoms with Gasteiger partial charge in [0.15, 0.2) is 0 Å². The van der Waals surface area contributed by atoms with Crippen LogP contribution in [0.2, 0.25) is 0 Å². The van der Waals surface area contributed by atoms with Gasteiger partial charge in [-0.2, -0.15) is 0 Å². The van der Waals surface area contributed by atoms with E-state index in [1.165, 1.54) is 141 Å². The molecule has 0 rings (SSSR count). The number of aliphatic hydroxyl groups is 2. The Morgan fingerprint density at radius 3 is 1.37 bits per heavy atom. The second-order valence-electron chi connectivity index (χ2n) is 16.9. The molecule has 0 fully saturated rings. The van der Waals surface area contributed by atoms with Crippen LogP contribution in [0.5, 0.6) is 0 Å². The summed E-state index contributed by atoms with van der Waals surface area (Å²) in [6.07, 6.45) is 52.1. The van der Waals surface area contributed by atoms with Crippen LogP contribution in [0.15, 0.2) is 36.5 Å². The van der Waals surface area contributed by atoms with Gasteiger partial charge < -0.3 is 20.3 Å². The number of carbonyl (C=O) groups excluding carboxylic acids is 2. The molecule has 0 aliphatic carbocycles. The smallest absolute Gasteiger partial charge is 0.306 e. The number of esters is 1. The van der Waals surface area contributed by atoms with Crippen LogP contribution in [0.1, 0.15) is 252 Å². The predicted molar refractivity (Wildman–Crippen MR) is 246 cm³/mol. The first-order chi connectivity index (χ1) is 28.0. The topological polar surface area (TPSA) is 95.9 Å². The molecule has 0 aliphatic heterocycles. The van der Waals surface area contributed by atoms with E-state index in [-0.39, 0.29) is 24.9 Å². The normalized spacial score (nSPS) is 13.6. The molecule has 1 amide bonds. The summed E-state index contributed by atoms with van der Waals surface area (Å²) in [6.45, 7) is 6.44. The lowest BCUT2D eigenvalue weighted by Crippen LogP contribution is -2.46. The number of carbonyl (C=O) groups is 2. The monoisotopic (exact) mass is 802 g/mol. The van der Waals surface area contributed by atoms with Crippen LogP contribution in [0.3, 0.4) is 0 Å². The van der Waals surface area contributed by atoms with E-state index >= 15 is 0 Å². The zero-order valence-corrected chi connectivity index (χ0v) is 38.0. The van der Waals surface area contributed by atoms with Gasteiger partial charge in [0.25, 0.3) is 0 Å². The Kier molecular flexibility index (Phi) is 43.6. The number of nitrogens with one attached hydrogen (secondary N) is 1. The molecule has 0 aromatic heterocycles. The number of allylic oxidation sites excluding steroid dienone is 6.